The molecule has 0 atom stereocenters. The predicted octanol–water partition coefficient (Wildman–Crippen LogP) is -0.986. The Labute approximate surface area is 83.9 Å². The van der Waals surface area contributed by atoms with E-state index in [1.54, 1.807) is 6.08 Å². The fourth-order valence-electron chi connectivity index (χ4n) is 0.798. The molecule has 0 saturated heterocycles. The number of nitrogens with one attached hydrogen (secondary N) is 3. The van der Waals surface area contributed by atoms with Crippen LogP contribution in [-0.2, 0) is 9.59 Å². The Morgan fingerprint density at radius 1 is 1.21 bits per heavy atom. The molecule has 0 aromatic heterocycles. The van der Waals surface area contributed by atoms with Crippen LogP contribution in [0.5, 0.6) is 0 Å². The summed E-state index contributed by atoms with van der Waals surface area (Å²) >= 11 is 0. The molecule has 0 radical (unpaired) electrons. The largest absolute Gasteiger partial charge is 0.355 e. The molecule has 0 saturated carbocycles. The lowest BCUT2D eigenvalue weighted by Crippen LogP contribution is -2.39. The van der Waals surface area contributed by atoms with Crippen LogP contribution in [0.1, 0.15) is 6.92 Å². The van der Waals surface area contributed by atoms with Crippen molar-refractivity contribution in [2.24, 2.45) is 0 Å². The minimum Gasteiger partial charge on any atom is -0.355 e. The molecule has 0 aromatic carbocycles. The van der Waals surface area contributed by atoms with E-state index in [1.807, 2.05) is 6.92 Å². The van der Waals surface area contributed by atoms with E-state index in [-0.39, 0.29) is 24.9 Å². The molecule has 2 amide bonds. The van der Waals surface area contributed by atoms with Crippen LogP contribution in [-0.4, -0.2) is 38.0 Å². The Bertz CT molecular complexity index is 204. The van der Waals surface area contributed by atoms with Crippen LogP contribution < -0.4 is 16.0 Å². The molecule has 0 aliphatic carbocycles. The van der Waals surface area contributed by atoms with Crippen molar-refractivity contribution in [3.8, 4) is 0 Å². The molecule has 0 heterocycles. The Kier molecular flexibility index (Phi) is 7.45. The summed E-state index contributed by atoms with van der Waals surface area (Å²) in [4.78, 5) is 21.9. The van der Waals surface area contributed by atoms with E-state index in [4.69, 9.17) is 0 Å². The maximum atomic E-state index is 11.0. The molecule has 80 valence electrons. The van der Waals surface area contributed by atoms with Crippen molar-refractivity contribution >= 4 is 11.8 Å². The molecule has 0 spiro atoms. The van der Waals surface area contributed by atoms with E-state index in [2.05, 4.69) is 22.5 Å². The fraction of sp³-hybridized carbons (Fsp3) is 0.556. The third-order valence-electron chi connectivity index (χ3n) is 1.39. The van der Waals surface area contributed by atoms with Gasteiger partial charge in [0.1, 0.15) is 0 Å². The van der Waals surface area contributed by atoms with Gasteiger partial charge in [0.25, 0.3) is 0 Å². The summed E-state index contributed by atoms with van der Waals surface area (Å²) in [7, 11) is 0. The van der Waals surface area contributed by atoms with Crippen molar-refractivity contribution in [3.63, 3.8) is 0 Å². The number of likely N-dealkylation sites (N-methyl/N-ethyl adjacent to an activating group) is 1. The number of carbonyl (C=O) groups is 2. The zero-order chi connectivity index (χ0) is 10.8. The van der Waals surface area contributed by atoms with Crippen LogP contribution in [0.15, 0.2) is 12.7 Å². The van der Waals surface area contributed by atoms with Crippen molar-refractivity contribution in [2.45, 2.75) is 6.92 Å². The third-order valence-corrected chi connectivity index (χ3v) is 1.39. The van der Waals surface area contributed by atoms with Crippen LogP contribution in [0.4, 0.5) is 0 Å². The molecule has 0 unspecified atom stereocenters. The maximum Gasteiger partial charge on any atom is 0.234 e. The first-order chi connectivity index (χ1) is 6.70. The summed E-state index contributed by atoms with van der Waals surface area (Å²) in [6.45, 7) is 6.66. The smallest absolute Gasteiger partial charge is 0.234 e. The highest BCUT2D eigenvalue weighted by atomic mass is 16.2. The second kappa shape index (κ2) is 8.25. The zero-order valence-corrected chi connectivity index (χ0v) is 8.43. The highest BCUT2D eigenvalue weighted by Gasteiger charge is 2.01. The number of hydrogen-bond donors (Lipinski definition) is 3. The Morgan fingerprint density at radius 2 is 1.79 bits per heavy atom. The van der Waals surface area contributed by atoms with Crippen molar-refractivity contribution in [2.75, 3.05) is 26.2 Å². The predicted molar refractivity (Wildman–Crippen MR) is 54.8 cm³/mol. The monoisotopic (exact) mass is 199 g/mol. The van der Waals surface area contributed by atoms with Crippen molar-refractivity contribution in [1.82, 2.24) is 16.0 Å². The van der Waals surface area contributed by atoms with Gasteiger partial charge in [-0.3, -0.25) is 14.9 Å². The summed E-state index contributed by atoms with van der Waals surface area (Å²) in [5.74, 6) is -0.252. The van der Waals surface area contributed by atoms with E-state index >= 15 is 0 Å². The van der Waals surface area contributed by atoms with Gasteiger partial charge in [-0.25, -0.2) is 0 Å². The molecular formula is C9H17N3O2. The molecule has 5 nitrogen and oxygen atoms in total. The van der Waals surface area contributed by atoms with Gasteiger partial charge in [0.05, 0.1) is 13.1 Å². The lowest BCUT2D eigenvalue weighted by molar-refractivity contribution is -0.121. The standard InChI is InChI=1S/C9H17N3O2/c1-3-5-12-9(14)7-10-6-8(13)11-4-2/h3,10H,1,4-7H2,2H3,(H,11,13)(H,12,14). The summed E-state index contributed by atoms with van der Waals surface area (Å²) < 4.78 is 0. The third kappa shape index (κ3) is 7.30. The molecule has 5 heteroatoms. The number of carbonyl (C=O) groups excluding carboxylic acids is 2. The Balaban J connectivity index is 3.39. The first-order valence-corrected chi connectivity index (χ1v) is 4.55. The minimum atomic E-state index is -0.144. The summed E-state index contributed by atoms with van der Waals surface area (Å²) in [6, 6.07) is 0. The van der Waals surface area contributed by atoms with Gasteiger partial charge in [0.15, 0.2) is 0 Å². The summed E-state index contributed by atoms with van der Waals surface area (Å²) in [6.07, 6.45) is 1.60. The van der Waals surface area contributed by atoms with E-state index in [0.29, 0.717) is 13.1 Å². The molecule has 0 aliphatic rings. The molecule has 0 rings (SSSR count). The molecule has 14 heavy (non-hydrogen) atoms. The van der Waals surface area contributed by atoms with Crippen LogP contribution in [0, 0.1) is 0 Å². The number of rotatable bonds is 7. The molecule has 0 aliphatic heterocycles. The average Bonchev–Trinajstić information content (AvgIpc) is 2.15. The first kappa shape index (κ1) is 12.6. The highest BCUT2D eigenvalue weighted by Crippen LogP contribution is 1.67. The molecule has 0 bridgehead atoms. The summed E-state index contributed by atoms with van der Waals surface area (Å²) in [5, 5.41) is 7.92. The summed E-state index contributed by atoms with van der Waals surface area (Å²) in [5.41, 5.74) is 0. The van der Waals surface area contributed by atoms with Gasteiger partial charge in [-0.2, -0.15) is 0 Å². The van der Waals surface area contributed by atoms with Gasteiger partial charge < -0.3 is 10.6 Å². The molecular weight excluding hydrogens is 182 g/mol. The average molecular weight is 199 g/mol. The second-order valence-electron chi connectivity index (χ2n) is 2.65. The molecule has 3 N–H and O–H groups in total. The van der Waals surface area contributed by atoms with Gasteiger partial charge in [0.2, 0.25) is 11.8 Å². The fourth-order valence-corrected chi connectivity index (χ4v) is 0.798. The normalized spacial score (nSPS) is 9.21. The lowest BCUT2D eigenvalue weighted by atomic mass is 10.5. The van der Waals surface area contributed by atoms with Gasteiger partial charge >= 0.3 is 0 Å². The number of amides is 2. The second-order valence-corrected chi connectivity index (χ2v) is 2.65. The first-order valence-electron chi connectivity index (χ1n) is 4.55. The lowest BCUT2D eigenvalue weighted by Gasteiger charge is -2.04. The zero-order valence-electron chi connectivity index (χ0n) is 8.43. The van der Waals surface area contributed by atoms with Crippen molar-refractivity contribution < 1.29 is 9.59 Å². The molecule has 0 fully saturated rings. The van der Waals surface area contributed by atoms with Crippen LogP contribution >= 0.6 is 0 Å². The van der Waals surface area contributed by atoms with Gasteiger partial charge in [-0.15, -0.1) is 6.58 Å². The van der Waals surface area contributed by atoms with Crippen LogP contribution in [0.25, 0.3) is 0 Å². The van der Waals surface area contributed by atoms with Crippen LogP contribution in [0.3, 0.4) is 0 Å². The van der Waals surface area contributed by atoms with E-state index in [1.165, 1.54) is 0 Å². The quantitative estimate of drug-likeness (QED) is 0.461. The Morgan fingerprint density at radius 3 is 2.29 bits per heavy atom. The van der Waals surface area contributed by atoms with E-state index in [9.17, 15) is 9.59 Å². The van der Waals surface area contributed by atoms with Gasteiger partial charge in [-0.05, 0) is 6.92 Å². The topological polar surface area (TPSA) is 70.2 Å². The Hall–Kier alpha value is -1.36. The molecule has 0 aromatic rings. The van der Waals surface area contributed by atoms with Crippen molar-refractivity contribution in [3.05, 3.63) is 12.7 Å². The van der Waals surface area contributed by atoms with E-state index in [0.717, 1.165) is 0 Å². The van der Waals surface area contributed by atoms with Crippen molar-refractivity contribution in [1.29, 1.82) is 0 Å². The van der Waals surface area contributed by atoms with Crippen LogP contribution in [0.2, 0.25) is 0 Å². The van der Waals surface area contributed by atoms with Gasteiger partial charge in [-0.1, -0.05) is 6.08 Å². The SMILES string of the molecule is C=CCNC(=O)CNCC(=O)NCC. The minimum absolute atomic E-state index is 0.107. The van der Waals surface area contributed by atoms with Gasteiger partial charge in [0, 0.05) is 13.1 Å². The number of hydrogen-bond acceptors (Lipinski definition) is 3. The van der Waals surface area contributed by atoms with E-state index < -0.39 is 0 Å². The maximum absolute atomic E-state index is 11.0. The highest BCUT2D eigenvalue weighted by molar-refractivity contribution is 5.81.